The van der Waals surface area contributed by atoms with Gasteiger partial charge in [0.05, 0.1) is 0 Å². The van der Waals surface area contributed by atoms with Gasteiger partial charge in [-0.25, -0.2) is 4.39 Å². The third-order valence-electron chi connectivity index (χ3n) is 2.44. The zero-order valence-corrected chi connectivity index (χ0v) is 10.2. The molecule has 0 radical (unpaired) electrons. The fourth-order valence-corrected chi connectivity index (χ4v) is 1.46. The van der Waals surface area contributed by atoms with Crippen molar-refractivity contribution in [3.63, 3.8) is 0 Å². The molecule has 0 fully saturated rings. The van der Waals surface area contributed by atoms with Crippen LogP contribution in [0.15, 0.2) is 18.2 Å². The summed E-state index contributed by atoms with van der Waals surface area (Å²) in [7, 11) is 6.02. The van der Waals surface area contributed by atoms with Gasteiger partial charge in [0.25, 0.3) is 0 Å². The second-order valence-corrected chi connectivity index (χ2v) is 4.39. The predicted molar refractivity (Wildman–Crippen MR) is 65.7 cm³/mol. The van der Waals surface area contributed by atoms with Crippen LogP contribution in [-0.4, -0.2) is 44.0 Å². The van der Waals surface area contributed by atoms with Crippen molar-refractivity contribution >= 4 is 5.69 Å². The molecular weight excluding hydrogens is 205 g/mol. The summed E-state index contributed by atoms with van der Waals surface area (Å²) in [5.74, 6) is -0.189. The molecule has 2 N–H and O–H groups in total. The van der Waals surface area contributed by atoms with E-state index in [9.17, 15) is 4.39 Å². The molecule has 1 aromatic carbocycles. The van der Waals surface area contributed by atoms with Gasteiger partial charge in [-0.05, 0) is 39.3 Å². The largest absolute Gasteiger partial charge is 0.399 e. The van der Waals surface area contributed by atoms with Crippen molar-refractivity contribution < 1.29 is 4.39 Å². The average molecular weight is 225 g/mol. The topological polar surface area (TPSA) is 32.5 Å². The Morgan fingerprint density at radius 2 is 1.88 bits per heavy atom. The number of hydrogen-bond donors (Lipinski definition) is 1. The first kappa shape index (κ1) is 12.9. The molecule has 16 heavy (non-hydrogen) atoms. The van der Waals surface area contributed by atoms with Crippen LogP contribution in [0.1, 0.15) is 5.56 Å². The van der Waals surface area contributed by atoms with E-state index < -0.39 is 0 Å². The third kappa shape index (κ3) is 4.16. The molecule has 0 aliphatic heterocycles. The molecule has 0 heterocycles. The Morgan fingerprint density at radius 3 is 2.50 bits per heavy atom. The average Bonchev–Trinajstić information content (AvgIpc) is 2.20. The fourth-order valence-electron chi connectivity index (χ4n) is 1.46. The number of nitrogen functional groups attached to an aromatic ring is 1. The highest BCUT2D eigenvalue weighted by Crippen LogP contribution is 2.13. The van der Waals surface area contributed by atoms with Gasteiger partial charge in [-0.1, -0.05) is 0 Å². The van der Waals surface area contributed by atoms with Crippen LogP contribution < -0.4 is 5.73 Å². The van der Waals surface area contributed by atoms with Gasteiger partial charge < -0.3 is 15.5 Å². The summed E-state index contributed by atoms with van der Waals surface area (Å²) in [6, 6.07) is 4.70. The lowest BCUT2D eigenvalue weighted by Crippen LogP contribution is -2.28. The molecule has 0 unspecified atom stereocenters. The summed E-state index contributed by atoms with van der Waals surface area (Å²) in [4.78, 5) is 4.18. The Morgan fingerprint density at radius 1 is 1.19 bits per heavy atom. The number of likely N-dealkylation sites (N-methyl/N-ethyl adjacent to an activating group) is 2. The minimum Gasteiger partial charge on any atom is -0.399 e. The predicted octanol–water partition coefficient (Wildman–Crippen LogP) is 1.40. The van der Waals surface area contributed by atoms with Crippen molar-refractivity contribution in [3.05, 3.63) is 29.6 Å². The summed E-state index contributed by atoms with van der Waals surface area (Å²) >= 11 is 0. The molecule has 0 saturated heterocycles. The van der Waals surface area contributed by atoms with Gasteiger partial charge in [0.15, 0.2) is 0 Å². The van der Waals surface area contributed by atoms with Crippen LogP contribution in [0.5, 0.6) is 0 Å². The lowest BCUT2D eigenvalue weighted by atomic mass is 10.2. The van der Waals surface area contributed by atoms with Gasteiger partial charge in [-0.15, -0.1) is 0 Å². The monoisotopic (exact) mass is 225 g/mol. The maximum Gasteiger partial charge on any atom is 0.127 e. The van der Waals surface area contributed by atoms with Crippen LogP contribution in [0.4, 0.5) is 10.1 Å². The van der Waals surface area contributed by atoms with Gasteiger partial charge in [0, 0.05) is 30.9 Å². The smallest absolute Gasteiger partial charge is 0.127 e. The molecule has 1 rings (SSSR count). The van der Waals surface area contributed by atoms with Crippen LogP contribution in [0.3, 0.4) is 0 Å². The highest BCUT2D eigenvalue weighted by atomic mass is 19.1. The highest BCUT2D eigenvalue weighted by Gasteiger charge is 2.06. The van der Waals surface area contributed by atoms with Gasteiger partial charge in [0.1, 0.15) is 5.82 Å². The zero-order chi connectivity index (χ0) is 12.1. The number of benzene rings is 1. The van der Waals surface area contributed by atoms with Crippen LogP contribution in [0.2, 0.25) is 0 Å². The molecule has 0 spiro atoms. The number of nitrogens with zero attached hydrogens (tertiary/aromatic N) is 2. The molecule has 4 heteroatoms. The van der Waals surface area contributed by atoms with Crippen LogP contribution >= 0.6 is 0 Å². The van der Waals surface area contributed by atoms with Crippen LogP contribution in [0, 0.1) is 5.82 Å². The van der Waals surface area contributed by atoms with Gasteiger partial charge >= 0.3 is 0 Å². The minimum absolute atomic E-state index is 0.189. The third-order valence-corrected chi connectivity index (χ3v) is 2.44. The van der Waals surface area contributed by atoms with Crippen LogP contribution in [-0.2, 0) is 6.54 Å². The Kier molecular flexibility index (Phi) is 4.71. The van der Waals surface area contributed by atoms with E-state index in [4.69, 9.17) is 5.73 Å². The first-order valence-electron chi connectivity index (χ1n) is 5.36. The minimum atomic E-state index is -0.189. The number of anilines is 1. The SMILES string of the molecule is CN(C)CCN(C)Cc1cc(N)ccc1F. The van der Waals surface area contributed by atoms with E-state index in [1.54, 1.807) is 12.1 Å². The van der Waals surface area contributed by atoms with Crippen molar-refractivity contribution in [3.8, 4) is 0 Å². The summed E-state index contributed by atoms with van der Waals surface area (Å²) in [6.45, 7) is 2.45. The molecule has 0 bridgehead atoms. The number of hydrogen-bond acceptors (Lipinski definition) is 3. The second-order valence-electron chi connectivity index (χ2n) is 4.39. The first-order valence-corrected chi connectivity index (χ1v) is 5.36. The van der Waals surface area contributed by atoms with E-state index >= 15 is 0 Å². The van der Waals surface area contributed by atoms with E-state index in [-0.39, 0.29) is 5.82 Å². The van der Waals surface area contributed by atoms with E-state index in [1.165, 1.54) is 6.07 Å². The van der Waals surface area contributed by atoms with Crippen molar-refractivity contribution in [2.45, 2.75) is 6.54 Å². The summed E-state index contributed by atoms with van der Waals surface area (Å²) in [6.07, 6.45) is 0. The Bertz CT molecular complexity index is 339. The molecule has 90 valence electrons. The molecule has 0 atom stereocenters. The summed E-state index contributed by atoms with van der Waals surface area (Å²) in [5, 5.41) is 0. The maximum atomic E-state index is 13.4. The number of nitrogens with two attached hydrogens (primary N) is 1. The summed E-state index contributed by atoms with van der Waals surface area (Å²) < 4.78 is 13.4. The standard InChI is InChI=1S/C12H20FN3/c1-15(2)6-7-16(3)9-10-8-11(14)4-5-12(10)13/h4-5,8H,6-7,9,14H2,1-3H3. The molecule has 3 nitrogen and oxygen atoms in total. The van der Waals surface area contributed by atoms with E-state index in [0.29, 0.717) is 17.8 Å². The Hall–Kier alpha value is -1.13. The molecule has 0 amide bonds. The quantitative estimate of drug-likeness (QED) is 0.769. The highest BCUT2D eigenvalue weighted by molar-refractivity contribution is 5.41. The van der Waals surface area contributed by atoms with Gasteiger partial charge in [-0.2, -0.15) is 0 Å². The molecule has 0 aromatic heterocycles. The van der Waals surface area contributed by atoms with Crippen molar-refractivity contribution in [1.29, 1.82) is 0 Å². The number of rotatable bonds is 5. The lowest BCUT2D eigenvalue weighted by molar-refractivity contribution is 0.273. The number of halogens is 1. The normalized spacial score (nSPS) is 11.4. The van der Waals surface area contributed by atoms with Gasteiger partial charge in [-0.3, -0.25) is 0 Å². The second kappa shape index (κ2) is 5.82. The van der Waals surface area contributed by atoms with Crippen molar-refractivity contribution in [1.82, 2.24) is 9.80 Å². The molecule has 0 saturated carbocycles. The zero-order valence-electron chi connectivity index (χ0n) is 10.2. The van der Waals surface area contributed by atoms with E-state index in [1.807, 2.05) is 21.1 Å². The first-order chi connectivity index (χ1) is 7.49. The van der Waals surface area contributed by atoms with Gasteiger partial charge in [0.2, 0.25) is 0 Å². The Balaban J connectivity index is 2.55. The fraction of sp³-hybridized carbons (Fsp3) is 0.500. The van der Waals surface area contributed by atoms with Crippen LogP contribution in [0.25, 0.3) is 0 Å². The lowest BCUT2D eigenvalue weighted by Gasteiger charge is -2.19. The maximum absolute atomic E-state index is 13.4. The van der Waals surface area contributed by atoms with Crippen molar-refractivity contribution in [2.24, 2.45) is 0 Å². The summed E-state index contributed by atoms with van der Waals surface area (Å²) in [5.41, 5.74) is 6.89. The molecular formula is C12H20FN3. The van der Waals surface area contributed by atoms with Crippen molar-refractivity contribution in [2.75, 3.05) is 40.0 Å². The molecule has 1 aromatic rings. The van der Waals surface area contributed by atoms with E-state index in [0.717, 1.165) is 13.1 Å². The molecule has 0 aliphatic rings. The molecule has 0 aliphatic carbocycles. The Labute approximate surface area is 96.6 Å². The van der Waals surface area contributed by atoms with E-state index in [2.05, 4.69) is 9.80 Å².